The topological polar surface area (TPSA) is 29.1 Å². The van der Waals surface area contributed by atoms with Crippen LogP contribution in [0.15, 0.2) is 11.6 Å². The van der Waals surface area contributed by atoms with E-state index in [1.807, 2.05) is 11.8 Å². The molecule has 1 saturated heterocycles. The normalized spacial score (nSPS) is 26.8. The van der Waals surface area contributed by atoms with Crippen LogP contribution in [0.1, 0.15) is 25.7 Å². The zero-order valence-electron chi connectivity index (χ0n) is 7.71. The van der Waals surface area contributed by atoms with Gasteiger partial charge >= 0.3 is 0 Å². The fraction of sp³-hybridized carbons (Fsp3) is 0.700. The van der Waals surface area contributed by atoms with Gasteiger partial charge in [0.1, 0.15) is 0 Å². The SMILES string of the molecule is O=C(C=C1CCC1)NC1CCSC1. The molecule has 1 N–H and O–H groups in total. The monoisotopic (exact) mass is 197 g/mol. The van der Waals surface area contributed by atoms with E-state index in [4.69, 9.17) is 0 Å². The fourth-order valence-corrected chi connectivity index (χ4v) is 2.75. The number of carbonyl (C=O) groups excluding carboxylic acids is 1. The highest BCUT2D eigenvalue weighted by Gasteiger charge is 2.17. The van der Waals surface area contributed by atoms with E-state index in [1.165, 1.54) is 17.7 Å². The van der Waals surface area contributed by atoms with Crippen molar-refractivity contribution in [2.24, 2.45) is 0 Å². The maximum absolute atomic E-state index is 11.4. The molecule has 0 aromatic rings. The van der Waals surface area contributed by atoms with Crippen molar-refractivity contribution in [3.63, 3.8) is 0 Å². The molecular formula is C10H15NOS. The van der Waals surface area contributed by atoms with Crippen LogP contribution in [0.5, 0.6) is 0 Å². The highest BCUT2D eigenvalue weighted by atomic mass is 32.2. The van der Waals surface area contributed by atoms with Crippen molar-refractivity contribution in [1.82, 2.24) is 5.32 Å². The summed E-state index contributed by atoms with van der Waals surface area (Å²) in [7, 11) is 0. The summed E-state index contributed by atoms with van der Waals surface area (Å²) in [5, 5.41) is 3.04. The van der Waals surface area contributed by atoms with E-state index in [9.17, 15) is 4.79 Å². The van der Waals surface area contributed by atoms with E-state index in [2.05, 4.69) is 5.32 Å². The molecule has 0 spiro atoms. The standard InChI is InChI=1S/C10H15NOS/c12-10(6-8-2-1-3-8)11-9-4-5-13-7-9/h6,9H,1-5,7H2,(H,11,12). The molecule has 2 nitrogen and oxygen atoms in total. The Bertz CT molecular complexity index is 225. The van der Waals surface area contributed by atoms with Gasteiger partial charge in [-0.25, -0.2) is 0 Å². The van der Waals surface area contributed by atoms with Crippen LogP contribution in [0.4, 0.5) is 0 Å². The maximum Gasteiger partial charge on any atom is 0.244 e. The van der Waals surface area contributed by atoms with Crippen LogP contribution in [0.3, 0.4) is 0 Å². The maximum atomic E-state index is 11.4. The molecule has 1 unspecified atom stereocenters. The van der Waals surface area contributed by atoms with Gasteiger partial charge in [0.2, 0.25) is 5.91 Å². The highest BCUT2D eigenvalue weighted by Crippen LogP contribution is 2.24. The smallest absolute Gasteiger partial charge is 0.244 e. The van der Waals surface area contributed by atoms with Gasteiger partial charge in [-0.2, -0.15) is 11.8 Å². The lowest BCUT2D eigenvalue weighted by molar-refractivity contribution is -0.117. The van der Waals surface area contributed by atoms with E-state index in [1.54, 1.807) is 6.08 Å². The van der Waals surface area contributed by atoms with E-state index in [0.29, 0.717) is 6.04 Å². The second-order valence-electron chi connectivity index (χ2n) is 3.73. The summed E-state index contributed by atoms with van der Waals surface area (Å²) < 4.78 is 0. The Morgan fingerprint density at radius 3 is 2.92 bits per heavy atom. The molecule has 0 aromatic heterocycles. The molecule has 0 aromatic carbocycles. The molecule has 1 aliphatic heterocycles. The van der Waals surface area contributed by atoms with Crippen molar-refractivity contribution < 1.29 is 4.79 Å². The highest BCUT2D eigenvalue weighted by molar-refractivity contribution is 7.99. The van der Waals surface area contributed by atoms with E-state index >= 15 is 0 Å². The first-order valence-electron chi connectivity index (χ1n) is 4.92. The van der Waals surface area contributed by atoms with Crippen molar-refractivity contribution in [3.05, 3.63) is 11.6 Å². The molecular weight excluding hydrogens is 182 g/mol. The lowest BCUT2D eigenvalue weighted by atomic mass is 9.92. The minimum atomic E-state index is 0.127. The number of hydrogen-bond donors (Lipinski definition) is 1. The molecule has 0 bridgehead atoms. The first-order chi connectivity index (χ1) is 6.34. The van der Waals surface area contributed by atoms with Crippen LogP contribution in [0.25, 0.3) is 0 Å². The third kappa shape index (κ3) is 2.50. The molecule has 1 heterocycles. The van der Waals surface area contributed by atoms with Crippen molar-refractivity contribution in [3.8, 4) is 0 Å². The van der Waals surface area contributed by atoms with Gasteiger partial charge in [-0.15, -0.1) is 0 Å². The molecule has 1 aliphatic carbocycles. The molecule has 3 heteroatoms. The molecule has 13 heavy (non-hydrogen) atoms. The third-order valence-electron chi connectivity index (χ3n) is 2.61. The summed E-state index contributed by atoms with van der Waals surface area (Å²) in [5.41, 5.74) is 1.32. The van der Waals surface area contributed by atoms with Crippen LogP contribution >= 0.6 is 11.8 Å². The number of hydrogen-bond acceptors (Lipinski definition) is 2. The Kier molecular flexibility index (Phi) is 2.94. The van der Waals surface area contributed by atoms with Gasteiger partial charge < -0.3 is 5.32 Å². The van der Waals surface area contributed by atoms with Gasteiger partial charge in [0.25, 0.3) is 0 Å². The summed E-state index contributed by atoms with van der Waals surface area (Å²) in [6, 6.07) is 0.425. The number of nitrogens with one attached hydrogen (secondary N) is 1. The summed E-state index contributed by atoms with van der Waals surface area (Å²) in [6.45, 7) is 0. The van der Waals surface area contributed by atoms with Gasteiger partial charge in [0.05, 0.1) is 0 Å². The zero-order chi connectivity index (χ0) is 9.10. The van der Waals surface area contributed by atoms with Crippen molar-refractivity contribution in [2.45, 2.75) is 31.7 Å². The first kappa shape index (κ1) is 9.13. The molecule has 1 amide bonds. The van der Waals surface area contributed by atoms with Crippen molar-refractivity contribution >= 4 is 17.7 Å². The van der Waals surface area contributed by atoms with Crippen LogP contribution in [-0.2, 0) is 4.79 Å². The second-order valence-corrected chi connectivity index (χ2v) is 4.88. The van der Waals surface area contributed by atoms with E-state index in [0.717, 1.165) is 25.0 Å². The van der Waals surface area contributed by atoms with Gasteiger partial charge in [0.15, 0.2) is 0 Å². The fourth-order valence-electron chi connectivity index (χ4n) is 1.60. The average Bonchev–Trinajstić information content (AvgIpc) is 2.49. The number of thioether (sulfide) groups is 1. The largest absolute Gasteiger partial charge is 0.349 e. The predicted octanol–water partition coefficient (Wildman–Crippen LogP) is 1.72. The van der Waals surface area contributed by atoms with Crippen LogP contribution in [0.2, 0.25) is 0 Å². The van der Waals surface area contributed by atoms with E-state index in [-0.39, 0.29) is 5.91 Å². The summed E-state index contributed by atoms with van der Waals surface area (Å²) in [4.78, 5) is 11.4. The Morgan fingerprint density at radius 1 is 1.54 bits per heavy atom. The molecule has 2 aliphatic rings. The Balaban J connectivity index is 1.77. The number of allylic oxidation sites excluding steroid dienone is 1. The summed E-state index contributed by atoms with van der Waals surface area (Å²) in [6.07, 6.45) is 6.46. The van der Waals surface area contributed by atoms with Crippen molar-refractivity contribution in [2.75, 3.05) is 11.5 Å². The molecule has 0 radical (unpaired) electrons. The van der Waals surface area contributed by atoms with Crippen LogP contribution < -0.4 is 5.32 Å². The lowest BCUT2D eigenvalue weighted by Crippen LogP contribution is -2.33. The predicted molar refractivity (Wildman–Crippen MR) is 55.8 cm³/mol. The summed E-state index contributed by atoms with van der Waals surface area (Å²) in [5.74, 6) is 2.42. The minimum Gasteiger partial charge on any atom is -0.349 e. The third-order valence-corrected chi connectivity index (χ3v) is 3.77. The van der Waals surface area contributed by atoms with Crippen LogP contribution in [-0.4, -0.2) is 23.5 Å². The molecule has 2 rings (SSSR count). The van der Waals surface area contributed by atoms with E-state index < -0.39 is 0 Å². The quantitative estimate of drug-likeness (QED) is 0.683. The van der Waals surface area contributed by atoms with Gasteiger partial charge in [-0.1, -0.05) is 5.57 Å². The average molecular weight is 197 g/mol. The van der Waals surface area contributed by atoms with Crippen LogP contribution in [0, 0.1) is 0 Å². The van der Waals surface area contributed by atoms with Gasteiger partial charge in [-0.3, -0.25) is 4.79 Å². The Labute approximate surface area is 83.2 Å². The zero-order valence-corrected chi connectivity index (χ0v) is 8.53. The second kappa shape index (κ2) is 4.18. The minimum absolute atomic E-state index is 0.127. The number of carbonyl (C=O) groups is 1. The Morgan fingerprint density at radius 2 is 2.38 bits per heavy atom. The first-order valence-corrected chi connectivity index (χ1v) is 6.08. The summed E-state index contributed by atoms with van der Waals surface area (Å²) >= 11 is 1.93. The van der Waals surface area contributed by atoms with Gasteiger partial charge in [-0.05, 0) is 31.4 Å². The number of rotatable bonds is 2. The lowest BCUT2D eigenvalue weighted by Gasteiger charge is -2.16. The molecule has 1 atom stereocenters. The molecule has 72 valence electrons. The Hall–Kier alpha value is -0.440. The van der Waals surface area contributed by atoms with Crippen molar-refractivity contribution in [1.29, 1.82) is 0 Å². The number of amides is 1. The molecule has 2 fully saturated rings. The van der Waals surface area contributed by atoms with Gasteiger partial charge in [0, 0.05) is 17.9 Å². The molecule has 1 saturated carbocycles.